The fraction of sp³-hybridized carbons (Fsp3) is 0. The number of aromatic nitrogens is 1. The van der Waals surface area contributed by atoms with E-state index >= 15 is 0 Å². The van der Waals surface area contributed by atoms with Crippen molar-refractivity contribution >= 4 is 64.9 Å². The second-order valence-electron chi connectivity index (χ2n) is 12.5. The fourth-order valence-electron chi connectivity index (χ4n) is 7.82. The minimum absolute atomic E-state index is 1.16. The molecule has 10 rings (SSSR count). The summed E-state index contributed by atoms with van der Waals surface area (Å²) in [6.45, 7) is 0. The first kappa shape index (κ1) is 26.1. The predicted molar refractivity (Wildman–Crippen MR) is 202 cm³/mol. The van der Waals surface area contributed by atoms with E-state index < -0.39 is 0 Å². The van der Waals surface area contributed by atoms with E-state index in [9.17, 15) is 0 Å². The molecule has 1 heterocycles. The zero-order valence-corrected chi connectivity index (χ0v) is 25.7. The highest BCUT2D eigenvalue weighted by atomic mass is 15.0. The van der Waals surface area contributed by atoms with Crippen LogP contribution in [-0.2, 0) is 0 Å². The first-order valence-corrected chi connectivity index (χ1v) is 16.3. The van der Waals surface area contributed by atoms with Crippen LogP contribution in [0.25, 0.3) is 92.8 Å². The van der Waals surface area contributed by atoms with Gasteiger partial charge in [0, 0.05) is 16.5 Å². The van der Waals surface area contributed by atoms with Gasteiger partial charge in [-0.3, -0.25) is 0 Å². The molecule has 0 radical (unpaired) electrons. The molecule has 0 aliphatic carbocycles. The van der Waals surface area contributed by atoms with Crippen LogP contribution in [-0.4, -0.2) is 4.57 Å². The molecule has 47 heavy (non-hydrogen) atoms. The average Bonchev–Trinajstić information content (AvgIpc) is 3.47. The van der Waals surface area contributed by atoms with Gasteiger partial charge in [0.15, 0.2) is 0 Å². The molecule has 0 aliphatic rings. The van der Waals surface area contributed by atoms with E-state index in [1.165, 1.54) is 87.1 Å². The smallest absolute Gasteiger partial charge is 0.0541 e. The van der Waals surface area contributed by atoms with Crippen LogP contribution in [0.1, 0.15) is 0 Å². The summed E-state index contributed by atoms with van der Waals surface area (Å²) in [6.07, 6.45) is 0. The van der Waals surface area contributed by atoms with Crippen molar-refractivity contribution in [2.45, 2.75) is 0 Å². The standard InChI is InChI=1S/C46H29N/c1-3-13-32-27-34(23-21-30(32)11-1)45-39-17-5-6-18-40(39)46(35-24-22-31-12-2-4-14-33(31)28-35)42-29-36(25-26-41(42)45)47-43-19-9-7-15-37(43)38-16-8-10-20-44(38)47/h1-29H. The third-order valence-electron chi connectivity index (χ3n) is 9.92. The lowest BCUT2D eigenvalue weighted by Crippen LogP contribution is -1.96. The summed E-state index contributed by atoms with van der Waals surface area (Å²) in [7, 11) is 0. The first-order chi connectivity index (χ1) is 23.3. The van der Waals surface area contributed by atoms with Crippen LogP contribution in [0, 0.1) is 0 Å². The van der Waals surface area contributed by atoms with Crippen LogP contribution in [0.15, 0.2) is 176 Å². The number of fused-ring (bicyclic) bond motifs is 7. The molecule has 1 nitrogen and oxygen atoms in total. The molecule has 0 fully saturated rings. The van der Waals surface area contributed by atoms with Gasteiger partial charge in [0.2, 0.25) is 0 Å². The Morgan fingerprint density at radius 2 is 0.702 bits per heavy atom. The van der Waals surface area contributed by atoms with E-state index in [4.69, 9.17) is 0 Å². The van der Waals surface area contributed by atoms with Crippen LogP contribution in [0.5, 0.6) is 0 Å². The predicted octanol–water partition coefficient (Wildman–Crippen LogP) is 12.7. The normalized spacial score (nSPS) is 11.8. The third-order valence-corrected chi connectivity index (χ3v) is 9.92. The average molecular weight is 596 g/mol. The summed E-state index contributed by atoms with van der Waals surface area (Å²) in [6, 6.07) is 64.7. The van der Waals surface area contributed by atoms with Crippen LogP contribution in [0.2, 0.25) is 0 Å². The molecule has 0 N–H and O–H groups in total. The van der Waals surface area contributed by atoms with Crippen LogP contribution in [0.4, 0.5) is 0 Å². The molecule has 0 bridgehead atoms. The van der Waals surface area contributed by atoms with Crippen molar-refractivity contribution in [3.05, 3.63) is 176 Å². The van der Waals surface area contributed by atoms with Gasteiger partial charge in [0.05, 0.1) is 11.0 Å². The Kier molecular flexibility index (Phi) is 5.64. The van der Waals surface area contributed by atoms with Crippen molar-refractivity contribution in [3.8, 4) is 27.9 Å². The molecule has 218 valence electrons. The lowest BCUT2D eigenvalue weighted by Gasteiger charge is -2.20. The lowest BCUT2D eigenvalue weighted by atomic mass is 9.85. The Labute approximate surface area is 272 Å². The maximum absolute atomic E-state index is 2.43. The first-order valence-electron chi connectivity index (χ1n) is 16.3. The van der Waals surface area contributed by atoms with Crippen molar-refractivity contribution in [1.82, 2.24) is 4.57 Å². The maximum atomic E-state index is 2.43. The van der Waals surface area contributed by atoms with Gasteiger partial charge in [0.25, 0.3) is 0 Å². The number of benzene rings is 9. The summed E-state index contributed by atoms with van der Waals surface area (Å²) in [5.41, 5.74) is 8.62. The van der Waals surface area contributed by atoms with Crippen LogP contribution >= 0.6 is 0 Å². The molecule has 0 unspecified atom stereocenters. The van der Waals surface area contributed by atoms with Crippen molar-refractivity contribution in [1.29, 1.82) is 0 Å². The monoisotopic (exact) mass is 595 g/mol. The Hall–Kier alpha value is -6.18. The van der Waals surface area contributed by atoms with E-state index in [-0.39, 0.29) is 0 Å². The number of para-hydroxylation sites is 2. The molecular formula is C46H29N. The van der Waals surface area contributed by atoms with E-state index in [0.717, 1.165) is 5.69 Å². The molecule has 0 atom stereocenters. The molecule has 1 aromatic heterocycles. The SMILES string of the molecule is c1ccc2cc(-c3c4ccccc4c(-c4ccc5ccccc5c4)c4cc(-n5c6ccccc6c6ccccc65)ccc34)ccc2c1. The lowest BCUT2D eigenvalue weighted by molar-refractivity contribution is 1.19. The summed E-state index contributed by atoms with van der Waals surface area (Å²) in [4.78, 5) is 0. The Morgan fingerprint density at radius 3 is 1.26 bits per heavy atom. The van der Waals surface area contributed by atoms with Crippen molar-refractivity contribution < 1.29 is 0 Å². The van der Waals surface area contributed by atoms with Gasteiger partial charge in [-0.2, -0.15) is 0 Å². The summed E-state index contributed by atoms with van der Waals surface area (Å²) in [5.74, 6) is 0. The Balaban J connectivity index is 1.36. The van der Waals surface area contributed by atoms with Gasteiger partial charge in [-0.25, -0.2) is 0 Å². The minimum Gasteiger partial charge on any atom is -0.309 e. The molecule has 0 spiro atoms. The van der Waals surface area contributed by atoms with Crippen molar-refractivity contribution in [3.63, 3.8) is 0 Å². The fourth-order valence-corrected chi connectivity index (χ4v) is 7.82. The minimum atomic E-state index is 1.16. The van der Waals surface area contributed by atoms with E-state index in [2.05, 4.69) is 180 Å². The quantitative estimate of drug-likeness (QED) is 0.179. The van der Waals surface area contributed by atoms with Gasteiger partial charge < -0.3 is 4.57 Å². The van der Waals surface area contributed by atoms with E-state index in [0.29, 0.717) is 0 Å². The van der Waals surface area contributed by atoms with Gasteiger partial charge in [-0.05, 0) is 102 Å². The number of nitrogens with zero attached hydrogens (tertiary/aromatic N) is 1. The molecule has 0 aliphatic heterocycles. The van der Waals surface area contributed by atoms with Crippen molar-refractivity contribution in [2.75, 3.05) is 0 Å². The highest BCUT2D eigenvalue weighted by Gasteiger charge is 2.19. The number of hydrogen-bond donors (Lipinski definition) is 0. The summed E-state index contributed by atoms with van der Waals surface area (Å²) < 4.78 is 2.43. The van der Waals surface area contributed by atoms with Crippen LogP contribution < -0.4 is 0 Å². The molecular weight excluding hydrogens is 567 g/mol. The topological polar surface area (TPSA) is 4.93 Å². The molecule has 0 saturated carbocycles. The Bertz CT molecular complexity index is 2800. The maximum Gasteiger partial charge on any atom is 0.0541 e. The van der Waals surface area contributed by atoms with Crippen molar-refractivity contribution in [2.24, 2.45) is 0 Å². The van der Waals surface area contributed by atoms with Gasteiger partial charge in [-0.1, -0.05) is 140 Å². The third kappa shape index (κ3) is 3.97. The number of rotatable bonds is 3. The zero-order chi connectivity index (χ0) is 30.9. The largest absolute Gasteiger partial charge is 0.309 e. The zero-order valence-electron chi connectivity index (χ0n) is 25.7. The van der Waals surface area contributed by atoms with Gasteiger partial charge in [0.1, 0.15) is 0 Å². The second kappa shape index (κ2) is 10.2. The van der Waals surface area contributed by atoms with E-state index in [1.807, 2.05) is 0 Å². The highest BCUT2D eigenvalue weighted by Crippen LogP contribution is 2.45. The summed E-state index contributed by atoms with van der Waals surface area (Å²) >= 11 is 0. The molecule has 0 amide bonds. The second-order valence-corrected chi connectivity index (χ2v) is 12.5. The molecule has 0 saturated heterocycles. The van der Waals surface area contributed by atoms with Gasteiger partial charge >= 0.3 is 0 Å². The summed E-state index contributed by atoms with van der Waals surface area (Å²) in [5, 5.41) is 12.6. The Morgan fingerprint density at radius 1 is 0.277 bits per heavy atom. The van der Waals surface area contributed by atoms with Crippen LogP contribution in [0.3, 0.4) is 0 Å². The molecule has 9 aromatic carbocycles. The molecule has 1 heteroatoms. The number of hydrogen-bond acceptors (Lipinski definition) is 0. The van der Waals surface area contributed by atoms with E-state index in [1.54, 1.807) is 0 Å². The highest BCUT2D eigenvalue weighted by molar-refractivity contribution is 6.22. The molecule has 10 aromatic rings. The van der Waals surface area contributed by atoms with Gasteiger partial charge in [-0.15, -0.1) is 0 Å².